The van der Waals surface area contributed by atoms with Crippen LogP contribution in [0.1, 0.15) is 27.2 Å². The highest BCUT2D eigenvalue weighted by molar-refractivity contribution is 7.99. The standard InChI is InChI=1S/C11H21N3O4S/c1-11(2,3)14-10(18)13-8(15)6-19-5-4-7(12)9(16)17/h7H,4-6,12H2,1-3H3,(H,16,17)(H2,13,14,15,18). The van der Waals surface area contributed by atoms with Gasteiger partial charge in [-0.1, -0.05) is 0 Å². The van der Waals surface area contributed by atoms with Crippen molar-refractivity contribution in [3.05, 3.63) is 0 Å². The van der Waals surface area contributed by atoms with E-state index in [0.717, 1.165) is 0 Å². The van der Waals surface area contributed by atoms with E-state index in [1.807, 2.05) is 0 Å². The first-order valence-corrected chi connectivity index (χ1v) is 6.95. The van der Waals surface area contributed by atoms with E-state index in [-0.39, 0.29) is 12.2 Å². The summed E-state index contributed by atoms with van der Waals surface area (Å²) in [5.74, 6) is -0.948. The quantitative estimate of drug-likeness (QED) is 0.517. The van der Waals surface area contributed by atoms with E-state index in [9.17, 15) is 14.4 Å². The van der Waals surface area contributed by atoms with E-state index in [1.54, 1.807) is 20.8 Å². The second-order valence-electron chi connectivity index (χ2n) is 5.04. The number of rotatable bonds is 6. The molecule has 0 saturated carbocycles. The third-order valence-corrected chi connectivity index (χ3v) is 2.86. The van der Waals surface area contributed by atoms with Crippen LogP contribution in [0.4, 0.5) is 4.79 Å². The predicted molar refractivity (Wildman–Crippen MR) is 74.0 cm³/mol. The topological polar surface area (TPSA) is 122 Å². The van der Waals surface area contributed by atoms with Crippen LogP contribution in [0.15, 0.2) is 0 Å². The molecule has 0 fully saturated rings. The van der Waals surface area contributed by atoms with Crippen LogP contribution in [0.5, 0.6) is 0 Å². The minimum absolute atomic E-state index is 0.0872. The van der Waals surface area contributed by atoms with Crippen molar-refractivity contribution in [3.8, 4) is 0 Å². The Morgan fingerprint density at radius 1 is 1.32 bits per heavy atom. The number of carboxylic acid groups (broad SMARTS) is 1. The van der Waals surface area contributed by atoms with Crippen molar-refractivity contribution in [2.45, 2.75) is 38.8 Å². The summed E-state index contributed by atoms with van der Waals surface area (Å²) in [6, 6.07) is -1.46. The molecule has 0 rings (SSSR count). The summed E-state index contributed by atoms with van der Waals surface area (Å²) >= 11 is 1.23. The molecule has 0 spiro atoms. The van der Waals surface area contributed by atoms with E-state index < -0.39 is 29.5 Å². The number of nitrogens with one attached hydrogen (secondary N) is 2. The Balaban J connectivity index is 3.76. The normalized spacial score (nSPS) is 12.6. The molecule has 0 saturated heterocycles. The molecule has 0 bridgehead atoms. The van der Waals surface area contributed by atoms with Crippen molar-refractivity contribution in [3.63, 3.8) is 0 Å². The number of aliphatic carboxylic acids is 1. The third kappa shape index (κ3) is 10.3. The van der Waals surface area contributed by atoms with Gasteiger partial charge >= 0.3 is 12.0 Å². The molecule has 0 aliphatic rings. The summed E-state index contributed by atoms with van der Waals surface area (Å²) < 4.78 is 0. The molecule has 0 aromatic rings. The molecule has 19 heavy (non-hydrogen) atoms. The van der Waals surface area contributed by atoms with Crippen LogP contribution in [0.25, 0.3) is 0 Å². The Bertz CT molecular complexity index is 341. The Morgan fingerprint density at radius 3 is 2.37 bits per heavy atom. The molecule has 0 aromatic heterocycles. The van der Waals surface area contributed by atoms with Crippen LogP contribution < -0.4 is 16.4 Å². The number of hydrogen-bond acceptors (Lipinski definition) is 5. The lowest BCUT2D eigenvalue weighted by molar-refractivity contribution is -0.138. The van der Waals surface area contributed by atoms with Crippen LogP contribution in [-0.4, -0.2) is 46.1 Å². The smallest absolute Gasteiger partial charge is 0.321 e. The van der Waals surface area contributed by atoms with Crippen molar-refractivity contribution in [1.29, 1.82) is 0 Å². The van der Waals surface area contributed by atoms with E-state index >= 15 is 0 Å². The van der Waals surface area contributed by atoms with Crippen LogP contribution >= 0.6 is 11.8 Å². The average Bonchev–Trinajstić information content (AvgIpc) is 2.20. The first kappa shape index (κ1) is 17.7. The summed E-state index contributed by atoms with van der Waals surface area (Å²) in [7, 11) is 0. The number of imide groups is 1. The molecule has 5 N–H and O–H groups in total. The van der Waals surface area contributed by atoms with Gasteiger partial charge in [-0.3, -0.25) is 14.9 Å². The first-order chi connectivity index (χ1) is 8.61. The summed E-state index contributed by atoms with van der Waals surface area (Å²) in [6.45, 7) is 5.41. The highest BCUT2D eigenvalue weighted by Gasteiger charge is 2.16. The van der Waals surface area contributed by atoms with Crippen molar-refractivity contribution in [2.24, 2.45) is 5.73 Å². The highest BCUT2D eigenvalue weighted by Crippen LogP contribution is 2.04. The van der Waals surface area contributed by atoms with Gasteiger partial charge < -0.3 is 16.2 Å². The van der Waals surface area contributed by atoms with Gasteiger partial charge in [0.05, 0.1) is 5.75 Å². The SMILES string of the molecule is CC(C)(C)NC(=O)NC(=O)CSCCC(N)C(=O)O. The number of thioether (sulfide) groups is 1. The zero-order valence-corrected chi connectivity index (χ0v) is 12.2. The van der Waals surface area contributed by atoms with E-state index in [1.165, 1.54) is 11.8 Å². The number of urea groups is 1. The molecule has 3 amide bonds. The minimum atomic E-state index is -1.06. The summed E-state index contributed by atoms with van der Waals surface area (Å²) in [5, 5.41) is 13.3. The molecule has 0 aliphatic heterocycles. The molecule has 0 heterocycles. The van der Waals surface area contributed by atoms with Crippen molar-refractivity contribution < 1.29 is 19.5 Å². The summed E-state index contributed by atoms with van der Waals surface area (Å²) in [6.07, 6.45) is 0.279. The van der Waals surface area contributed by atoms with Gasteiger partial charge in [0.15, 0.2) is 0 Å². The average molecular weight is 291 g/mol. The molecule has 1 atom stereocenters. The molecular formula is C11H21N3O4S. The zero-order valence-electron chi connectivity index (χ0n) is 11.4. The van der Waals surface area contributed by atoms with Gasteiger partial charge in [-0.2, -0.15) is 11.8 Å². The van der Waals surface area contributed by atoms with Gasteiger partial charge in [0, 0.05) is 5.54 Å². The monoisotopic (exact) mass is 291 g/mol. The van der Waals surface area contributed by atoms with Crippen LogP contribution in [0.3, 0.4) is 0 Å². The van der Waals surface area contributed by atoms with E-state index in [2.05, 4.69) is 10.6 Å². The Labute approximate surface area is 116 Å². The molecule has 1 unspecified atom stereocenters. The van der Waals surface area contributed by atoms with E-state index in [0.29, 0.717) is 5.75 Å². The lowest BCUT2D eigenvalue weighted by Gasteiger charge is -2.20. The summed E-state index contributed by atoms with van der Waals surface area (Å²) in [5.41, 5.74) is 4.89. The maximum atomic E-state index is 11.4. The lowest BCUT2D eigenvalue weighted by Crippen LogP contribution is -2.48. The van der Waals surface area contributed by atoms with Gasteiger partial charge in [-0.05, 0) is 32.9 Å². The van der Waals surface area contributed by atoms with Crippen LogP contribution in [0.2, 0.25) is 0 Å². The van der Waals surface area contributed by atoms with Crippen LogP contribution in [-0.2, 0) is 9.59 Å². The molecular weight excluding hydrogens is 270 g/mol. The molecule has 0 aromatic carbocycles. The molecule has 8 heteroatoms. The number of amides is 3. The number of carbonyl (C=O) groups is 3. The fraction of sp³-hybridized carbons (Fsp3) is 0.727. The van der Waals surface area contributed by atoms with Gasteiger partial charge in [0.2, 0.25) is 5.91 Å². The fourth-order valence-electron chi connectivity index (χ4n) is 1.03. The summed E-state index contributed by atoms with van der Waals surface area (Å²) in [4.78, 5) is 33.2. The fourth-order valence-corrected chi connectivity index (χ4v) is 1.86. The Morgan fingerprint density at radius 2 is 1.89 bits per heavy atom. The lowest BCUT2D eigenvalue weighted by atomic mass is 10.1. The first-order valence-electron chi connectivity index (χ1n) is 5.80. The minimum Gasteiger partial charge on any atom is -0.480 e. The van der Waals surface area contributed by atoms with Crippen molar-refractivity contribution in [1.82, 2.24) is 10.6 Å². The van der Waals surface area contributed by atoms with Crippen molar-refractivity contribution in [2.75, 3.05) is 11.5 Å². The predicted octanol–water partition coefficient (Wildman–Crippen LogP) is 0.146. The molecule has 0 aliphatic carbocycles. The van der Waals surface area contributed by atoms with E-state index in [4.69, 9.17) is 10.8 Å². The van der Waals surface area contributed by atoms with Gasteiger partial charge in [-0.15, -0.1) is 0 Å². The molecule has 0 radical (unpaired) electrons. The second kappa shape index (κ2) is 8.00. The number of carboxylic acids is 1. The highest BCUT2D eigenvalue weighted by atomic mass is 32.2. The molecule has 7 nitrogen and oxygen atoms in total. The number of carbonyl (C=O) groups excluding carboxylic acids is 2. The van der Waals surface area contributed by atoms with Gasteiger partial charge in [-0.25, -0.2) is 4.79 Å². The zero-order chi connectivity index (χ0) is 15.1. The third-order valence-electron chi connectivity index (χ3n) is 1.87. The maximum Gasteiger partial charge on any atom is 0.321 e. The van der Waals surface area contributed by atoms with Crippen LogP contribution in [0, 0.1) is 0 Å². The number of nitrogens with two attached hydrogens (primary N) is 1. The molecule has 110 valence electrons. The number of hydrogen-bond donors (Lipinski definition) is 4. The van der Waals surface area contributed by atoms with Gasteiger partial charge in [0.1, 0.15) is 6.04 Å². The van der Waals surface area contributed by atoms with Crippen molar-refractivity contribution >= 4 is 29.7 Å². The Kier molecular flexibility index (Phi) is 7.47. The Hall–Kier alpha value is -1.28. The largest absolute Gasteiger partial charge is 0.480 e. The maximum absolute atomic E-state index is 11.4. The van der Waals surface area contributed by atoms with Gasteiger partial charge in [0.25, 0.3) is 0 Å². The second-order valence-corrected chi connectivity index (χ2v) is 6.14.